The molecule has 2 fully saturated rings. The van der Waals surface area contributed by atoms with E-state index in [4.69, 9.17) is 11.6 Å². The largest absolute Gasteiger partial charge is 0.320 e. The summed E-state index contributed by atoms with van der Waals surface area (Å²) in [4.78, 5) is 15.2. The molecule has 0 atom stereocenters. The fourth-order valence-electron chi connectivity index (χ4n) is 6.14. The molecule has 37 heavy (non-hydrogen) atoms. The molecule has 3 aromatic rings. The van der Waals surface area contributed by atoms with E-state index in [0.717, 1.165) is 29.8 Å². The summed E-state index contributed by atoms with van der Waals surface area (Å²) >= 11 is 6.43. The van der Waals surface area contributed by atoms with Crippen molar-refractivity contribution in [2.24, 2.45) is 7.05 Å². The van der Waals surface area contributed by atoms with Gasteiger partial charge in [-0.05, 0) is 80.0 Å². The van der Waals surface area contributed by atoms with Gasteiger partial charge in [0.05, 0.1) is 12.0 Å². The summed E-state index contributed by atoms with van der Waals surface area (Å²) in [7, 11) is 1.91. The Morgan fingerprint density at radius 2 is 2.00 bits per heavy atom. The third-order valence-corrected chi connectivity index (χ3v) is 8.85. The molecule has 2 aliphatic carbocycles. The van der Waals surface area contributed by atoms with Crippen molar-refractivity contribution in [2.45, 2.75) is 74.9 Å². The normalized spacial score (nSPS) is 24.2. The van der Waals surface area contributed by atoms with Crippen molar-refractivity contribution >= 4 is 23.2 Å². The maximum Gasteiger partial charge on any atom is 0.264 e. The van der Waals surface area contributed by atoms with Gasteiger partial charge in [-0.2, -0.15) is 0 Å². The highest BCUT2D eigenvalue weighted by molar-refractivity contribution is 6.21. The zero-order valence-electron chi connectivity index (χ0n) is 21.0. The van der Waals surface area contributed by atoms with E-state index in [9.17, 15) is 13.6 Å². The first-order valence-corrected chi connectivity index (χ1v) is 13.2. The number of aryl methyl sites for hydroxylation is 1. The van der Waals surface area contributed by atoms with Crippen LogP contribution in [0.25, 0.3) is 0 Å². The second-order valence-corrected chi connectivity index (χ2v) is 11.7. The highest BCUT2D eigenvalue weighted by Crippen LogP contribution is 2.51. The van der Waals surface area contributed by atoms with Crippen LogP contribution in [0.5, 0.6) is 0 Å². The molecule has 2 heterocycles. The lowest BCUT2D eigenvalue weighted by atomic mass is 9.63. The molecule has 0 unspecified atom stereocenters. The van der Waals surface area contributed by atoms with Crippen molar-refractivity contribution in [3.63, 3.8) is 0 Å². The number of benzene rings is 2. The smallest absolute Gasteiger partial charge is 0.264 e. The molecule has 0 saturated heterocycles. The Morgan fingerprint density at radius 1 is 1.22 bits per heavy atom. The number of carbonyl (C=O) groups excluding carboxylic acids is 1. The van der Waals surface area contributed by atoms with Gasteiger partial charge >= 0.3 is 0 Å². The van der Waals surface area contributed by atoms with E-state index in [1.54, 1.807) is 23.4 Å². The molecule has 1 N–H and O–H groups in total. The molecule has 2 saturated carbocycles. The van der Waals surface area contributed by atoms with E-state index in [-0.39, 0.29) is 28.9 Å². The van der Waals surface area contributed by atoms with Crippen LogP contribution in [0.2, 0.25) is 0 Å². The summed E-state index contributed by atoms with van der Waals surface area (Å²) in [6.07, 6.45) is 3.76. The van der Waals surface area contributed by atoms with Gasteiger partial charge in [-0.3, -0.25) is 4.79 Å². The van der Waals surface area contributed by atoms with Crippen LogP contribution in [0.1, 0.15) is 83.9 Å². The van der Waals surface area contributed by atoms with Crippen molar-refractivity contribution < 1.29 is 13.6 Å². The minimum atomic E-state index is -2.65. The van der Waals surface area contributed by atoms with Crippen LogP contribution < -0.4 is 10.2 Å². The highest BCUT2D eigenvalue weighted by Gasteiger charge is 2.49. The van der Waals surface area contributed by atoms with Crippen molar-refractivity contribution in [3.8, 4) is 0 Å². The fourth-order valence-corrected chi connectivity index (χ4v) is 6.66. The van der Waals surface area contributed by atoms with Crippen molar-refractivity contribution in [2.75, 3.05) is 4.90 Å². The van der Waals surface area contributed by atoms with Crippen molar-refractivity contribution in [3.05, 3.63) is 76.4 Å². The number of hydrogen-bond acceptors (Lipinski definition) is 4. The van der Waals surface area contributed by atoms with E-state index >= 15 is 0 Å². The number of anilines is 1. The Labute approximate surface area is 220 Å². The Bertz CT molecular complexity index is 1360. The molecular formula is C28H30ClF2N5O. The van der Waals surface area contributed by atoms with Gasteiger partial charge in [0.2, 0.25) is 0 Å². The number of aromatic nitrogens is 3. The van der Waals surface area contributed by atoms with Gasteiger partial charge < -0.3 is 14.8 Å². The summed E-state index contributed by atoms with van der Waals surface area (Å²) in [5.74, 6) is 0.581. The van der Waals surface area contributed by atoms with Crippen LogP contribution in [-0.4, -0.2) is 31.6 Å². The first-order chi connectivity index (χ1) is 17.7. The highest BCUT2D eigenvalue weighted by atomic mass is 35.5. The maximum atomic E-state index is 14.1. The monoisotopic (exact) mass is 525 g/mol. The first kappa shape index (κ1) is 24.5. The number of halogens is 3. The molecule has 0 spiro atoms. The quantitative estimate of drug-likeness (QED) is 0.406. The molecule has 1 aliphatic heterocycles. The number of hydrogen-bond donors (Lipinski definition) is 1. The van der Waals surface area contributed by atoms with E-state index in [1.165, 1.54) is 6.42 Å². The Morgan fingerprint density at radius 3 is 2.62 bits per heavy atom. The predicted molar refractivity (Wildman–Crippen MR) is 138 cm³/mol. The molecule has 2 aromatic carbocycles. The van der Waals surface area contributed by atoms with Gasteiger partial charge in [0.15, 0.2) is 0 Å². The molecule has 6 rings (SSSR count). The van der Waals surface area contributed by atoms with Gasteiger partial charge in [-0.15, -0.1) is 21.8 Å². The Kier molecular flexibility index (Phi) is 5.88. The van der Waals surface area contributed by atoms with Crippen LogP contribution in [0.15, 0.2) is 42.7 Å². The standard InChI is InChI=1S/C28H30ClF2N5O/c1-27(7-4-8-27)32-14-17-9-21(24(30)31)23-15-36(25(37)22(23)10-17)20-6-3-5-18(11-20)28(12-19(29)13-28)26-34-33-16-35(26)2/h3,5-6,9-11,16,19,24,32H,4,7-8,12-15H2,1-2H3. The minimum absolute atomic E-state index is 0.0286. The minimum Gasteiger partial charge on any atom is -0.320 e. The summed E-state index contributed by atoms with van der Waals surface area (Å²) in [5.41, 5.74) is 2.77. The summed E-state index contributed by atoms with van der Waals surface area (Å²) in [6, 6.07) is 11.1. The summed E-state index contributed by atoms with van der Waals surface area (Å²) in [5, 5.41) is 11.9. The molecule has 1 aromatic heterocycles. The van der Waals surface area contributed by atoms with Gasteiger partial charge in [0.1, 0.15) is 12.2 Å². The Balaban J connectivity index is 1.32. The number of nitrogens with one attached hydrogen (secondary N) is 1. The molecule has 9 heteroatoms. The third kappa shape index (κ3) is 4.05. The fraction of sp³-hybridized carbons (Fsp3) is 0.464. The first-order valence-electron chi connectivity index (χ1n) is 12.8. The topological polar surface area (TPSA) is 63.1 Å². The zero-order valence-corrected chi connectivity index (χ0v) is 21.7. The lowest BCUT2D eigenvalue weighted by Crippen LogP contribution is -2.47. The SMILES string of the molecule is Cn1cnnc1C1(c2cccc(N3Cc4c(cc(CNC5(C)CCC5)cc4C(F)F)C3=O)c2)CC(Cl)C1. The number of fused-ring (bicyclic) bond motifs is 1. The van der Waals surface area contributed by atoms with Gasteiger partial charge in [0.25, 0.3) is 12.3 Å². The van der Waals surface area contributed by atoms with Crippen molar-refractivity contribution in [1.82, 2.24) is 20.1 Å². The lowest BCUT2D eigenvalue weighted by molar-refractivity contribution is 0.0996. The number of carbonyl (C=O) groups is 1. The van der Waals surface area contributed by atoms with Gasteiger partial charge in [-0.25, -0.2) is 8.78 Å². The summed E-state index contributed by atoms with van der Waals surface area (Å²) < 4.78 is 30.2. The van der Waals surface area contributed by atoms with Crippen molar-refractivity contribution in [1.29, 1.82) is 0 Å². The Hall–Kier alpha value is -2.84. The third-order valence-electron chi connectivity index (χ3n) is 8.54. The number of nitrogens with zero attached hydrogens (tertiary/aromatic N) is 4. The van der Waals surface area contributed by atoms with E-state index in [1.807, 2.05) is 35.9 Å². The van der Waals surface area contributed by atoms with Gasteiger partial charge in [-0.1, -0.05) is 12.1 Å². The molecular weight excluding hydrogens is 496 g/mol. The molecule has 194 valence electrons. The molecule has 6 nitrogen and oxygen atoms in total. The van der Waals surface area contributed by atoms with E-state index < -0.39 is 11.8 Å². The van der Waals surface area contributed by atoms with Gasteiger partial charge in [0, 0.05) is 41.3 Å². The molecule has 3 aliphatic rings. The second-order valence-electron chi connectivity index (χ2n) is 11.1. The number of rotatable bonds is 7. The van der Waals surface area contributed by atoms with Crippen LogP contribution in [0.3, 0.4) is 0 Å². The van der Waals surface area contributed by atoms with Crippen LogP contribution in [-0.2, 0) is 25.6 Å². The predicted octanol–water partition coefficient (Wildman–Crippen LogP) is 5.63. The maximum absolute atomic E-state index is 14.1. The molecule has 0 radical (unpaired) electrons. The second kappa shape index (κ2) is 8.88. The average molecular weight is 526 g/mol. The number of alkyl halides is 3. The summed E-state index contributed by atoms with van der Waals surface area (Å²) in [6.45, 7) is 2.74. The zero-order chi connectivity index (χ0) is 25.9. The molecule has 1 amide bonds. The number of amides is 1. The van der Waals surface area contributed by atoms with E-state index in [0.29, 0.717) is 36.2 Å². The molecule has 0 bridgehead atoms. The van der Waals surface area contributed by atoms with Crippen LogP contribution in [0.4, 0.5) is 14.5 Å². The average Bonchev–Trinajstić information content (AvgIpc) is 3.42. The van der Waals surface area contributed by atoms with Crippen LogP contribution >= 0.6 is 11.6 Å². The lowest BCUT2D eigenvalue weighted by Gasteiger charge is -2.44. The van der Waals surface area contributed by atoms with Crippen LogP contribution in [0, 0.1) is 0 Å². The van der Waals surface area contributed by atoms with E-state index in [2.05, 4.69) is 22.4 Å².